The third-order valence-electron chi connectivity index (χ3n) is 2.92. The molecule has 1 N–H and O–H groups in total. The molecule has 1 fully saturated rings. The summed E-state index contributed by atoms with van der Waals surface area (Å²) >= 11 is 0. The van der Waals surface area contributed by atoms with Crippen LogP contribution in [0.2, 0.25) is 0 Å². The lowest BCUT2D eigenvalue weighted by atomic mass is 10.0. The molecule has 1 aliphatic rings. The lowest BCUT2D eigenvalue weighted by molar-refractivity contribution is -0.139. The van der Waals surface area contributed by atoms with Crippen molar-refractivity contribution in [1.29, 1.82) is 0 Å². The van der Waals surface area contributed by atoms with Crippen LogP contribution in [0.15, 0.2) is 12.4 Å². The molecule has 0 bridgehead atoms. The fraction of sp³-hybridized carbons (Fsp3) is 0.545. The topological polar surface area (TPSA) is 66.3 Å². The number of aryl methyl sites for hydroxylation is 1. The molecule has 1 aromatic rings. The second-order valence-electron chi connectivity index (χ2n) is 4.01. The number of carboxylic acids is 1. The molecule has 2 rings (SSSR count). The molecule has 2 heterocycles. The number of piperidine rings is 1. The van der Waals surface area contributed by atoms with Crippen molar-refractivity contribution in [1.82, 2.24) is 9.97 Å². The van der Waals surface area contributed by atoms with Gasteiger partial charge in [0.25, 0.3) is 0 Å². The minimum absolute atomic E-state index is 0.454. The highest BCUT2D eigenvalue weighted by molar-refractivity contribution is 5.78. The first kappa shape index (κ1) is 10.9. The van der Waals surface area contributed by atoms with Gasteiger partial charge in [-0.3, -0.25) is 4.98 Å². The van der Waals surface area contributed by atoms with Gasteiger partial charge in [0.2, 0.25) is 0 Å². The van der Waals surface area contributed by atoms with E-state index in [4.69, 9.17) is 0 Å². The van der Waals surface area contributed by atoms with Crippen LogP contribution in [-0.4, -0.2) is 33.6 Å². The van der Waals surface area contributed by atoms with E-state index in [1.54, 1.807) is 12.4 Å². The van der Waals surface area contributed by atoms with Gasteiger partial charge in [0.15, 0.2) is 5.82 Å². The Morgan fingerprint density at radius 3 is 2.88 bits per heavy atom. The number of rotatable bonds is 2. The number of aliphatic carboxylic acids is 1. The van der Waals surface area contributed by atoms with Crippen molar-refractivity contribution in [3.8, 4) is 0 Å². The summed E-state index contributed by atoms with van der Waals surface area (Å²) in [5.41, 5.74) is 0.788. The molecule has 1 saturated heterocycles. The van der Waals surface area contributed by atoms with Gasteiger partial charge in [-0.15, -0.1) is 0 Å². The predicted octanol–water partition coefficient (Wildman–Crippen LogP) is 1.23. The summed E-state index contributed by atoms with van der Waals surface area (Å²) < 4.78 is 0. The Labute approximate surface area is 94.1 Å². The van der Waals surface area contributed by atoms with Gasteiger partial charge < -0.3 is 10.0 Å². The van der Waals surface area contributed by atoms with Crippen LogP contribution in [0.3, 0.4) is 0 Å². The minimum Gasteiger partial charge on any atom is -0.480 e. The number of carbonyl (C=O) groups is 1. The zero-order valence-corrected chi connectivity index (χ0v) is 9.26. The fourth-order valence-corrected chi connectivity index (χ4v) is 2.12. The standard InChI is InChI=1S/C11H15N3O2/c1-8-10(13-6-5-12-8)14-7-3-2-4-9(14)11(15)16/h5-6,9H,2-4,7H2,1H3,(H,15,16)/t9-/m1/s1. The molecular weight excluding hydrogens is 206 g/mol. The van der Waals surface area contributed by atoms with Crippen LogP contribution in [0.1, 0.15) is 25.0 Å². The first-order chi connectivity index (χ1) is 7.70. The highest BCUT2D eigenvalue weighted by atomic mass is 16.4. The Bertz CT molecular complexity index is 395. The molecule has 5 nitrogen and oxygen atoms in total. The van der Waals surface area contributed by atoms with Gasteiger partial charge in [0, 0.05) is 18.9 Å². The molecule has 0 unspecified atom stereocenters. The summed E-state index contributed by atoms with van der Waals surface area (Å²) in [6.07, 6.45) is 5.90. The molecule has 1 aromatic heterocycles. The van der Waals surface area contributed by atoms with Gasteiger partial charge >= 0.3 is 5.97 Å². The Hall–Kier alpha value is -1.65. The largest absolute Gasteiger partial charge is 0.480 e. The molecule has 5 heteroatoms. The summed E-state index contributed by atoms with van der Waals surface area (Å²) in [5.74, 6) is -0.0700. The van der Waals surface area contributed by atoms with Gasteiger partial charge in [-0.05, 0) is 26.2 Å². The third-order valence-corrected chi connectivity index (χ3v) is 2.92. The molecule has 86 valence electrons. The number of aromatic nitrogens is 2. The number of carboxylic acid groups (broad SMARTS) is 1. The Kier molecular flexibility index (Phi) is 3.03. The van der Waals surface area contributed by atoms with Crippen LogP contribution >= 0.6 is 0 Å². The van der Waals surface area contributed by atoms with Crippen LogP contribution < -0.4 is 4.90 Å². The Morgan fingerprint density at radius 1 is 1.44 bits per heavy atom. The monoisotopic (exact) mass is 221 g/mol. The van der Waals surface area contributed by atoms with E-state index in [1.807, 2.05) is 11.8 Å². The van der Waals surface area contributed by atoms with E-state index in [9.17, 15) is 9.90 Å². The Balaban J connectivity index is 2.30. The van der Waals surface area contributed by atoms with Gasteiger partial charge in [0.05, 0.1) is 5.69 Å². The molecule has 16 heavy (non-hydrogen) atoms. The van der Waals surface area contributed by atoms with Crippen LogP contribution in [0.25, 0.3) is 0 Å². The second-order valence-corrected chi connectivity index (χ2v) is 4.01. The van der Waals surface area contributed by atoms with Crippen LogP contribution in [0, 0.1) is 6.92 Å². The van der Waals surface area contributed by atoms with E-state index in [2.05, 4.69) is 9.97 Å². The smallest absolute Gasteiger partial charge is 0.326 e. The average Bonchev–Trinajstić information content (AvgIpc) is 2.29. The quantitative estimate of drug-likeness (QED) is 0.813. The average molecular weight is 221 g/mol. The summed E-state index contributed by atoms with van der Waals surface area (Å²) in [4.78, 5) is 21.4. The second kappa shape index (κ2) is 4.47. The molecular formula is C11H15N3O2. The molecule has 0 aliphatic carbocycles. The van der Waals surface area contributed by atoms with Crippen molar-refractivity contribution in [3.05, 3.63) is 18.1 Å². The molecule has 0 saturated carbocycles. The van der Waals surface area contributed by atoms with E-state index < -0.39 is 12.0 Å². The highest BCUT2D eigenvalue weighted by Gasteiger charge is 2.30. The van der Waals surface area contributed by atoms with Gasteiger partial charge in [-0.25, -0.2) is 9.78 Å². The van der Waals surface area contributed by atoms with Crippen molar-refractivity contribution in [2.24, 2.45) is 0 Å². The molecule has 1 aliphatic heterocycles. The Morgan fingerprint density at radius 2 is 2.19 bits per heavy atom. The zero-order chi connectivity index (χ0) is 11.5. The van der Waals surface area contributed by atoms with Gasteiger partial charge in [-0.2, -0.15) is 0 Å². The van der Waals surface area contributed by atoms with Crippen molar-refractivity contribution in [2.45, 2.75) is 32.2 Å². The molecule has 1 atom stereocenters. The maximum Gasteiger partial charge on any atom is 0.326 e. The van der Waals surface area contributed by atoms with Crippen molar-refractivity contribution < 1.29 is 9.90 Å². The number of nitrogens with zero attached hydrogens (tertiary/aromatic N) is 3. The van der Waals surface area contributed by atoms with E-state index in [0.29, 0.717) is 12.2 Å². The van der Waals surface area contributed by atoms with Crippen LogP contribution in [-0.2, 0) is 4.79 Å². The van der Waals surface area contributed by atoms with Crippen molar-refractivity contribution >= 4 is 11.8 Å². The molecule has 0 aromatic carbocycles. The van der Waals surface area contributed by atoms with E-state index in [-0.39, 0.29) is 0 Å². The van der Waals surface area contributed by atoms with Crippen molar-refractivity contribution in [2.75, 3.05) is 11.4 Å². The van der Waals surface area contributed by atoms with Crippen LogP contribution in [0.4, 0.5) is 5.82 Å². The molecule has 0 spiro atoms. The fourth-order valence-electron chi connectivity index (χ4n) is 2.12. The first-order valence-corrected chi connectivity index (χ1v) is 5.47. The number of hydrogen-bond acceptors (Lipinski definition) is 4. The lowest BCUT2D eigenvalue weighted by Crippen LogP contribution is -2.45. The van der Waals surface area contributed by atoms with Crippen molar-refractivity contribution in [3.63, 3.8) is 0 Å². The van der Waals surface area contributed by atoms with E-state index in [1.165, 1.54) is 0 Å². The zero-order valence-electron chi connectivity index (χ0n) is 9.26. The summed E-state index contributed by atoms with van der Waals surface area (Å²) in [5, 5.41) is 9.17. The molecule has 0 amide bonds. The minimum atomic E-state index is -0.773. The van der Waals surface area contributed by atoms with Crippen LogP contribution in [0.5, 0.6) is 0 Å². The third kappa shape index (κ3) is 1.98. The molecule has 0 radical (unpaired) electrons. The lowest BCUT2D eigenvalue weighted by Gasteiger charge is -2.34. The van der Waals surface area contributed by atoms with Gasteiger partial charge in [-0.1, -0.05) is 0 Å². The summed E-state index contributed by atoms with van der Waals surface area (Å²) in [7, 11) is 0. The van der Waals surface area contributed by atoms with Gasteiger partial charge in [0.1, 0.15) is 6.04 Å². The predicted molar refractivity (Wildman–Crippen MR) is 59.4 cm³/mol. The maximum atomic E-state index is 11.2. The maximum absolute atomic E-state index is 11.2. The SMILES string of the molecule is Cc1nccnc1N1CCCC[C@@H]1C(=O)O. The van der Waals surface area contributed by atoms with E-state index >= 15 is 0 Å². The van der Waals surface area contributed by atoms with E-state index in [0.717, 1.165) is 25.1 Å². The first-order valence-electron chi connectivity index (χ1n) is 5.47. The number of hydrogen-bond donors (Lipinski definition) is 1. The summed E-state index contributed by atoms with van der Waals surface area (Å²) in [6, 6.07) is -0.454. The summed E-state index contributed by atoms with van der Waals surface area (Å²) in [6.45, 7) is 2.60. The normalized spacial score (nSPS) is 20.8. The highest BCUT2D eigenvalue weighted by Crippen LogP contribution is 2.24. The number of anilines is 1.